The molecule has 2 aromatic carbocycles. The van der Waals surface area contributed by atoms with Gasteiger partial charge in [-0.05, 0) is 59.0 Å². The van der Waals surface area contributed by atoms with Gasteiger partial charge >= 0.3 is 6.09 Å². The number of carbonyl (C=O) groups is 2. The molecule has 0 spiro atoms. The van der Waals surface area contributed by atoms with E-state index in [0.29, 0.717) is 33.0 Å². The molecule has 2 rings (SSSR count). The van der Waals surface area contributed by atoms with Crippen LogP contribution in [0.3, 0.4) is 0 Å². The zero-order valence-corrected chi connectivity index (χ0v) is 19.3. The highest BCUT2D eigenvalue weighted by atomic mass is 79.9. The topological polar surface area (TPSA) is 108 Å². The van der Waals surface area contributed by atoms with Crippen molar-refractivity contribution >= 4 is 49.5 Å². The van der Waals surface area contributed by atoms with E-state index in [0.717, 1.165) is 0 Å². The number of allylic oxidation sites excluding steroid dienone is 1. The molecule has 2 aromatic rings. The number of amides is 2. The minimum Gasteiger partial charge on any atom is -0.506 e. The number of para-hydroxylation sites is 1. The number of hydrogen-bond donors (Lipinski definition) is 4. The second-order valence-electron chi connectivity index (χ2n) is 6.58. The van der Waals surface area contributed by atoms with Gasteiger partial charge in [0.05, 0.1) is 4.47 Å². The van der Waals surface area contributed by atoms with Gasteiger partial charge in [-0.2, -0.15) is 0 Å². The van der Waals surface area contributed by atoms with Gasteiger partial charge in [-0.15, -0.1) is 0 Å². The van der Waals surface area contributed by atoms with Gasteiger partial charge in [0.15, 0.2) is 0 Å². The fourth-order valence-electron chi connectivity index (χ4n) is 2.81. The molecule has 30 heavy (non-hydrogen) atoms. The van der Waals surface area contributed by atoms with Crippen molar-refractivity contribution in [2.45, 2.75) is 25.9 Å². The van der Waals surface area contributed by atoms with Crippen molar-refractivity contribution in [3.63, 3.8) is 0 Å². The molecule has 4 N–H and O–H groups in total. The highest BCUT2D eigenvalue weighted by Gasteiger charge is 2.27. The van der Waals surface area contributed by atoms with Crippen molar-refractivity contribution in [2.24, 2.45) is 5.92 Å². The first-order valence-electron chi connectivity index (χ1n) is 9.13. The van der Waals surface area contributed by atoms with E-state index in [1.165, 1.54) is 11.6 Å². The average molecular weight is 542 g/mol. The summed E-state index contributed by atoms with van der Waals surface area (Å²) >= 11 is 6.70. The minimum atomic E-state index is -0.748. The second kappa shape index (κ2) is 11.7. The maximum absolute atomic E-state index is 12.5. The molecule has 7 nitrogen and oxygen atoms in total. The summed E-state index contributed by atoms with van der Waals surface area (Å²) in [5, 5.41) is 21.8. The third kappa shape index (κ3) is 7.16. The lowest BCUT2D eigenvalue weighted by atomic mass is 9.92. The van der Waals surface area contributed by atoms with Gasteiger partial charge in [0.1, 0.15) is 11.9 Å². The number of halogens is 2. The molecular formula is C21H22Br2N2O5. The van der Waals surface area contributed by atoms with E-state index in [1.807, 2.05) is 13.0 Å². The summed E-state index contributed by atoms with van der Waals surface area (Å²) in [5.41, 5.74) is 2.56. The maximum Gasteiger partial charge on any atom is 0.412 e. The van der Waals surface area contributed by atoms with Gasteiger partial charge < -0.3 is 9.84 Å². The fraction of sp³-hybridized carbons (Fsp3) is 0.238. The molecule has 0 aliphatic carbocycles. The van der Waals surface area contributed by atoms with Crippen LogP contribution < -0.4 is 10.8 Å². The summed E-state index contributed by atoms with van der Waals surface area (Å²) in [6.45, 7) is 1.88. The summed E-state index contributed by atoms with van der Waals surface area (Å²) in [4.78, 5) is 23.6. The van der Waals surface area contributed by atoms with Gasteiger partial charge in [-0.1, -0.05) is 47.1 Å². The number of anilines is 1. The molecule has 0 radical (unpaired) electrons. The van der Waals surface area contributed by atoms with Gasteiger partial charge in [0.25, 0.3) is 5.91 Å². The van der Waals surface area contributed by atoms with Crippen LogP contribution in [0.15, 0.2) is 63.6 Å². The van der Waals surface area contributed by atoms with E-state index in [4.69, 9.17) is 9.94 Å². The number of carbonyl (C=O) groups excluding carboxylic acids is 2. The molecule has 0 aliphatic rings. The molecule has 0 saturated carbocycles. The highest BCUT2D eigenvalue weighted by molar-refractivity contribution is 9.11. The Labute approximate surface area is 191 Å². The number of aromatic hydroxyl groups is 1. The number of benzene rings is 2. The smallest absolute Gasteiger partial charge is 0.412 e. The molecule has 0 unspecified atom stereocenters. The molecule has 0 aromatic heterocycles. The van der Waals surface area contributed by atoms with Gasteiger partial charge in [0, 0.05) is 21.8 Å². The zero-order chi connectivity index (χ0) is 22.1. The summed E-state index contributed by atoms with van der Waals surface area (Å²) in [5.74, 6) is -0.829. The lowest BCUT2D eigenvalue weighted by molar-refractivity contribution is -0.124. The predicted molar refractivity (Wildman–Crippen MR) is 120 cm³/mol. The van der Waals surface area contributed by atoms with Crippen LogP contribution in [0.4, 0.5) is 10.5 Å². The maximum atomic E-state index is 12.5. The summed E-state index contributed by atoms with van der Waals surface area (Å²) in [7, 11) is 0. The Kier molecular flexibility index (Phi) is 9.35. The van der Waals surface area contributed by atoms with Crippen molar-refractivity contribution in [3.05, 3.63) is 69.1 Å². The van der Waals surface area contributed by atoms with Crippen LogP contribution in [0.5, 0.6) is 5.75 Å². The first-order valence-corrected chi connectivity index (χ1v) is 10.7. The van der Waals surface area contributed by atoms with Crippen LogP contribution >= 0.6 is 31.9 Å². The standard InChI is InChI=1S/C21H22Br2N2O5/c1-13(7-5-6-10-18(26)25-29)20(16-11-14(22)12-17(23)19(16)27)30-21(28)24-15-8-3-2-4-9-15/h2-4,6,8-13,20,27,29H,5,7H2,1H3,(H,24,28)(H,25,26)/b10-6+/t13-,20+/m1/s1. The minimum absolute atomic E-state index is 0.0160. The number of phenolic OH excluding ortho intramolecular Hbond substituents is 1. The quantitative estimate of drug-likeness (QED) is 0.195. The van der Waals surface area contributed by atoms with Gasteiger partial charge in [0.2, 0.25) is 0 Å². The first-order chi connectivity index (χ1) is 14.3. The average Bonchev–Trinajstić information content (AvgIpc) is 2.72. The second-order valence-corrected chi connectivity index (χ2v) is 8.35. The molecule has 0 aliphatic heterocycles. The van der Waals surface area contributed by atoms with Crippen LogP contribution in [0.25, 0.3) is 0 Å². The van der Waals surface area contributed by atoms with E-state index in [2.05, 4.69) is 37.2 Å². The van der Waals surface area contributed by atoms with Crippen LogP contribution in [-0.2, 0) is 9.53 Å². The Morgan fingerprint density at radius 3 is 2.57 bits per heavy atom. The monoisotopic (exact) mass is 540 g/mol. The van der Waals surface area contributed by atoms with Crippen molar-refractivity contribution in [3.8, 4) is 5.75 Å². The highest BCUT2D eigenvalue weighted by Crippen LogP contribution is 2.40. The normalized spacial score (nSPS) is 12.9. The van der Waals surface area contributed by atoms with E-state index in [-0.39, 0.29) is 11.7 Å². The Hall–Kier alpha value is -2.36. The molecule has 2 atom stereocenters. The fourth-order valence-corrected chi connectivity index (χ4v) is 4.07. The molecule has 0 bridgehead atoms. The van der Waals surface area contributed by atoms with E-state index < -0.39 is 18.1 Å². The predicted octanol–water partition coefficient (Wildman–Crippen LogP) is 5.68. The van der Waals surface area contributed by atoms with Crippen LogP contribution in [0.1, 0.15) is 31.4 Å². The summed E-state index contributed by atoms with van der Waals surface area (Å²) in [6, 6.07) is 12.3. The Morgan fingerprint density at radius 2 is 1.90 bits per heavy atom. The molecule has 0 heterocycles. The van der Waals surface area contributed by atoms with Gasteiger partial charge in [-0.25, -0.2) is 10.3 Å². The van der Waals surface area contributed by atoms with Crippen molar-refractivity contribution in [2.75, 3.05) is 5.32 Å². The molecule has 0 saturated heterocycles. The third-order valence-electron chi connectivity index (χ3n) is 4.30. The van der Waals surface area contributed by atoms with Crippen LogP contribution in [-0.4, -0.2) is 22.3 Å². The molecule has 9 heteroatoms. The summed E-state index contributed by atoms with van der Waals surface area (Å²) < 4.78 is 6.88. The largest absolute Gasteiger partial charge is 0.506 e. The first kappa shape index (κ1) is 23.9. The van der Waals surface area contributed by atoms with Crippen LogP contribution in [0, 0.1) is 5.92 Å². The number of hydrogen-bond acceptors (Lipinski definition) is 5. The Morgan fingerprint density at radius 1 is 1.20 bits per heavy atom. The number of phenols is 1. The molecule has 2 amide bonds. The van der Waals surface area contributed by atoms with Crippen molar-refractivity contribution < 1.29 is 24.6 Å². The number of nitrogens with one attached hydrogen (secondary N) is 2. The number of rotatable bonds is 8. The summed E-state index contributed by atoms with van der Waals surface area (Å²) in [6.07, 6.45) is 2.50. The Bertz CT molecular complexity index is 906. The van der Waals surface area contributed by atoms with Crippen LogP contribution in [0.2, 0.25) is 0 Å². The van der Waals surface area contributed by atoms with E-state index in [9.17, 15) is 14.7 Å². The third-order valence-corrected chi connectivity index (χ3v) is 5.37. The number of hydroxylamine groups is 1. The zero-order valence-electron chi connectivity index (χ0n) is 16.1. The molecule has 160 valence electrons. The lowest BCUT2D eigenvalue weighted by Gasteiger charge is -2.26. The molecular weight excluding hydrogens is 520 g/mol. The Balaban J connectivity index is 2.20. The van der Waals surface area contributed by atoms with Crippen molar-refractivity contribution in [1.29, 1.82) is 0 Å². The van der Waals surface area contributed by atoms with Gasteiger partial charge in [-0.3, -0.25) is 15.3 Å². The number of ether oxygens (including phenoxy) is 1. The van der Waals surface area contributed by atoms with E-state index in [1.54, 1.807) is 42.5 Å². The molecule has 0 fully saturated rings. The van der Waals surface area contributed by atoms with E-state index >= 15 is 0 Å². The lowest BCUT2D eigenvalue weighted by Crippen LogP contribution is -2.22. The van der Waals surface area contributed by atoms with Crippen molar-refractivity contribution in [1.82, 2.24) is 5.48 Å². The SMILES string of the molecule is C[C@H](CC/C=C/C(=O)NO)[C@H](OC(=O)Nc1ccccc1)c1cc(Br)cc(Br)c1O.